The number of piperazine rings is 1. The smallest absolute Gasteiger partial charge is 0.255 e. The zero-order valence-electron chi connectivity index (χ0n) is 16.1. The van der Waals surface area contributed by atoms with E-state index >= 15 is 0 Å². The zero-order valence-corrected chi connectivity index (χ0v) is 16.8. The molecule has 1 amide bonds. The number of fused-ring (bicyclic) bond motifs is 1. The molecule has 1 fully saturated rings. The van der Waals surface area contributed by atoms with E-state index in [4.69, 9.17) is 11.6 Å². The Labute approximate surface area is 173 Å². The molecule has 0 spiro atoms. The summed E-state index contributed by atoms with van der Waals surface area (Å²) in [7, 11) is 0. The van der Waals surface area contributed by atoms with Gasteiger partial charge >= 0.3 is 0 Å². The number of halogens is 1. The number of ketones is 1. The molecule has 2 aromatic rings. The van der Waals surface area contributed by atoms with Gasteiger partial charge in [0.2, 0.25) is 0 Å². The van der Waals surface area contributed by atoms with Crippen molar-refractivity contribution in [2.24, 2.45) is 0 Å². The number of carbonyl (C=O) groups excluding carboxylic acids is 2. The fraction of sp³-hybridized carbons (Fsp3) is 0.400. The monoisotopic (exact) mass is 415 g/mol. The molecule has 4 rings (SSSR count). The van der Waals surface area contributed by atoms with E-state index in [0.29, 0.717) is 61.1 Å². The van der Waals surface area contributed by atoms with Crippen LogP contribution in [0.3, 0.4) is 0 Å². The highest BCUT2D eigenvalue weighted by atomic mass is 35.5. The van der Waals surface area contributed by atoms with Crippen molar-refractivity contribution in [1.82, 2.24) is 14.9 Å². The first-order valence-corrected chi connectivity index (χ1v) is 9.94. The van der Waals surface area contributed by atoms with E-state index in [1.807, 2.05) is 11.0 Å². The number of aliphatic hydroxyl groups is 1. The Balaban J connectivity index is 1.43. The van der Waals surface area contributed by atoms with Crippen LogP contribution >= 0.6 is 11.6 Å². The molecule has 0 bridgehead atoms. The molecular weight excluding hydrogens is 394 g/mol. The molecule has 2 N–H and O–H groups in total. The summed E-state index contributed by atoms with van der Waals surface area (Å²) in [6.07, 6.45) is 3.79. The normalized spacial score (nSPS) is 18.8. The van der Waals surface area contributed by atoms with Gasteiger partial charge < -0.3 is 20.2 Å². The van der Waals surface area contributed by atoms with Crippen molar-refractivity contribution in [3.05, 3.63) is 46.4 Å². The van der Waals surface area contributed by atoms with E-state index in [-0.39, 0.29) is 11.7 Å². The summed E-state index contributed by atoms with van der Waals surface area (Å²) in [4.78, 5) is 36.6. The Hall–Kier alpha value is -2.71. The number of nitrogens with one attached hydrogen (secondary N) is 1. The summed E-state index contributed by atoms with van der Waals surface area (Å²) in [5.74, 6) is 0.478. The number of aryl methyl sites for hydroxylation is 1. The molecule has 152 valence electrons. The summed E-state index contributed by atoms with van der Waals surface area (Å²) < 4.78 is 0. The molecule has 1 unspecified atom stereocenters. The predicted molar refractivity (Wildman–Crippen MR) is 110 cm³/mol. The number of aliphatic hydroxyl groups excluding tert-OH is 1. The van der Waals surface area contributed by atoms with Gasteiger partial charge in [-0.3, -0.25) is 9.59 Å². The number of benzene rings is 1. The van der Waals surface area contributed by atoms with E-state index in [2.05, 4.69) is 15.3 Å². The average molecular weight is 416 g/mol. The van der Waals surface area contributed by atoms with Crippen LogP contribution in [0.1, 0.15) is 39.8 Å². The molecular formula is C20H22ClN5O3. The number of hydrogen-bond acceptors (Lipinski definition) is 7. The lowest BCUT2D eigenvalue weighted by Gasteiger charge is -2.35. The van der Waals surface area contributed by atoms with Crippen molar-refractivity contribution in [1.29, 1.82) is 0 Å². The van der Waals surface area contributed by atoms with Gasteiger partial charge in [0.1, 0.15) is 17.7 Å². The van der Waals surface area contributed by atoms with Crippen LogP contribution in [0.4, 0.5) is 11.5 Å². The molecule has 0 radical (unpaired) electrons. The first kappa shape index (κ1) is 19.6. The molecule has 0 saturated carbocycles. The van der Waals surface area contributed by atoms with Crippen molar-refractivity contribution < 1.29 is 14.7 Å². The fourth-order valence-electron chi connectivity index (χ4n) is 3.64. The van der Waals surface area contributed by atoms with Crippen LogP contribution in [-0.4, -0.2) is 64.1 Å². The number of carbonyl (C=O) groups is 2. The van der Waals surface area contributed by atoms with Gasteiger partial charge in [0, 0.05) is 38.8 Å². The third-order valence-corrected chi connectivity index (χ3v) is 5.64. The molecule has 2 aliphatic heterocycles. The third kappa shape index (κ3) is 4.04. The van der Waals surface area contributed by atoms with E-state index in [9.17, 15) is 14.7 Å². The summed E-state index contributed by atoms with van der Waals surface area (Å²) >= 11 is 6.36. The van der Waals surface area contributed by atoms with Crippen molar-refractivity contribution in [2.75, 3.05) is 36.4 Å². The van der Waals surface area contributed by atoms with E-state index in [0.717, 1.165) is 11.3 Å². The van der Waals surface area contributed by atoms with Gasteiger partial charge in [-0.2, -0.15) is 0 Å². The van der Waals surface area contributed by atoms with E-state index in [1.165, 1.54) is 13.1 Å². The van der Waals surface area contributed by atoms with Gasteiger partial charge in [0.25, 0.3) is 5.91 Å². The second kappa shape index (κ2) is 7.96. The van der Waals surface area contributed by atoms with Crippen LogP contribution < -0.4 is 10.2 Å². The predicted octanol–water partition coefficient (Wildman–Crippen LogP) is 1.97. The van der Waals surface area contributed by atoms with Crippen LogP contribution in [0, 0.1) is 0 Å². The van der Waals surface area contributed by atoms with Crippen molar-refractivity contribution in [3.8, 4) is 0 Å². The van der Waals surface area contributed by atoms with Crippen LogP contribution in [-0.2, 0) is 6.42 Å². The maximum absolute atomic E-state index is 13.0. The highest BCUT2D eigenvalue weighted by Crippen LogP contribution is 2.31. The molecule has 9 heteroatoms. The lowest BCUT2D eigenvalue weighted by atomic mass is 9.99. The number of anilines is 2. The molecule has 1 saturated heterocycles. The summed E-state index contributed by atoms with van der Waals surface area (Å²) in [6.45, 7) is 3.78. The summed E-state index contributed by atoms with van der Waals surface area (Å²) in [6, 6.07) is 3.55. The van der Waals surface area contributed by atoms with Gasteiger partial charge in [-0.05, 0) is 30.5 Å². The standard InChI is InChI=1S/C20H22ClN5O3/c1-12(27)17-10-23-18(11-22-17)25-4-6-26(7-5-25)20(29)14-8-13-2-3-19(28)24-16(13)9-15(14)21/h8-11,19,24,28H,2-7H2,1H3. The second-order valence-electron chi connectivity index (χ2n) is 7.28. The summed E-state index contributed by atoms with van der Waals surface area (Å²) in [5.41, 5.74) is 2.60. The van der Waals surface area contributed by atoms with Crippen molar-refractivity contribution in [2.45, 2.75) is 26.0 Å². The highest BCUT2D eigenvalue weighted by molar-refractivity contribution is 6.34. The first-order valence-electron chi connectivity index (χ1n) is 9.56. The third-order valence-electron chi connectivity index (χ3n) is 5.32. The second-order valence-corrected chi connectivity index (χ2v) is 7.69. The Kier molecular flexibility index (Phi) is 5.38. The minimum Gasteiger partial charge on any atom is -0.374 e. The van der Waals surface area contributed by atoms with Gasteiger partial charge in [-0.25, -0.2) is 9.97 Å². The Morgan fingerprint density at radius 1 is 1.17 bits per heavy atom. The molecule has 2 aliphatic rings. The minimum absolute atomic E-state index is 0.0958. The molecule has 29 heavy (non-hydrogen) atoms. The summed E-state index contributed by atoms with van der Waals surface area (Å²) in [5, 5.41) is 13.1. The average Bonchev–Trinajstić information content (AvgIpc) is 2.73. The van der Waals surface area contributed by atoms with E-state index < -0.39 is 6.23 Å². The fourth-order valence-corrected chi connectivity index (χ4v) is 3.89. The Bertz CT molecular complexity index is 942. The molecule has 1 atom stereocenters. The first-order chi connectivity index (χ1) is 13.9. The molecule has 1 aromatic carbocycles. The van der Waals surface area contributed by atoms with Crippen LogP contribution in [0.2, 0.25) is 5.02 Å². The van der Waals surface area contributed by atoms with Gasteiger partial charge in [0.05, 0.1) is 23.0 Å². The molecule has 3 heterocycles. The number of aromatic nitrogens is 2. The van der Waals surface area contributed by atoms with Crippen LogP contribution in [0.15, 0.2) is 24.5 Å². The SMILES string of the molecule is CC(=O)c1cnc(N2CCN(C(=O)c3cc4c(cc3Cl)NC(O)CC4)CC2)cn1. The number of Topliss-reactive ketones (excluding diaryl/α,β-unsaturated/α-hetero) is 1. The maximum Gasteiger partial charge on any atom is 0.255 e. The van der Waals surface area contributed by atoms with Gasteiger partial charge in [-0.1, -0.05) is 11.6 Å². The minimum atomic E-state index is -0.583. The number of rotatable bonds is 3. The topological polar surface area (TPSA) is 98.7 Å². The molecule has 8 nitrogen and oxygen atoms in total. The van der Waals surface area contributed by atoms with Gasteiger partial charge in [0.15, 0.2) is 5.78 Å². The maximum atomic E-state index is 13.0. The number of nitrogens with zero attached hydrogens (tertiary/aromatic N) is 4. The van der Waals surface area contributed by atoms with Crippen LogP contribution in [0.5, 0.6) is 0 Å². The van der Waals surface area contributed by atoms with Crippen LogP contribution in [0.25, 0.3) is 0 Å². The Morgan fingerprint density at radius 2 is 1.93 bits per heavy atom. The molecule has 0 aliphatic carbocycles. The largest absolute Gasteiger partial charge is 0.374 e. The van der Waals surface area contributed by atoms with Crippen molar-refractivity contribution >= 4 is 34.8 Å². The van der Waals surface area contributed by atoms with Gasteiger partial charge in [-0.15, -0.1) is 0 Å². The molecule has 1 aromatic heterocycles. The Morgan fingerprint density at radius 3 is 2.59 bits per heavy atom. The number of amides is 1. The highest BCUT2D eigenvalue weighted by Gasteiger charge is 2.26. The van der Waals surface area contributed by atoms with E-state index in [1.54, 1.807) is 17.2 Å². The van der Waals surface area contributed by atoms with Crippen molar-refractivity contribution in [3.63, 3.8) is 0 Å². The quantitative estimate of drug-likeness (QED) is 0.739. The number of hydrogen-bond donors (Lipinski definition) is 2. The lowest BCUT2D eigenvalue weighted by molar-refractivity contribution is 0.0746. The zero-order chi connectivity index (χ0) is 20.5. The lowest BCUT2D eigenvalue weighted by Crippen LogP contribution is -2.49.